The van der Waals surface area contributed by atoms with E-state index in [9.17, 15) is 9.59 Å². The topological polar surface area (TPSA) is 58.6 Å². The van der Waals surface area contributed by atoms with Crippen LogP contribution in [0.2, 0.25) is 0 Å². The van der Waals surface area contributed by atoms with Crippen molar-refractivity contribution in [2.75, 3.05) is 12.9 Å². The molecular formula is C27H28N2O3S. The Labute approximate surface area is 199 Å². The molecule has 170 valence electrons. The summed E-state index contributed by atoms with van der Waals surface area (Å²) < 4.78 is 5.22. The molecule has 5 nitrogen and oxygen atoms in total. The second-order valence-corrected chi connectivity index (χ2v) is 9.07. The molecule has 1 fully saturated rings. The highest BCUT2D eigenvalue weighted by Crippen LogP contribution is 2.39. The van der Waals surface area contributed by atoms with Crippen molar-refractivity contribution in [1.29, 1.82) is 0 Å². The van der Waals surface area contributed by atoms with E-state index < -0.39 is 0 Å². The molecule has 1 aliphatic heterocycles. The number of carbonyl (C=O) groups is 2. The number of carbonyl (C=O) groups excluding carboxylic acids is 2. The zero-order chi connectivity index (χ0) is 23.2. The maximum absolute atomic E-state index is 12.9. The summed E-state index contributed by atoms with van der Waals surface area (Å²) in [7, 11) is 1.64. The number of hydrogen-bond donors (Lipinski definition) is 1. The van der Waals surface area contributed by atoms with Gasteiger partial charge in [-0.2, -0.15) is 0 Å². The predicted molar refractivity (Wildman–Crippen MR) is 132 cm³/mol. The van der Waals surface area contributed by atoms with Crippen molar-refractivity contribution < 1.29 is 14.3 Å². The van der Waals surface area contributed by atoms with E-state index in [2.05, 4.69) is 5.32 Å². The minimum absolute atomic E-state index is 0.0440. The van der Waals surface area contributed by atoms with E-state index in [0.717, 1.165) is 28.9 Å². The molecule has 1 saturated heterocycles. The number of ether oxygens (including phenoxy) is 1. The number of benzene rings is 3. The van der Waals surface area contributed by atoms with Crippen LogP contribution in [0.4, 0.5) is 0 Å². The highest BCUT2D eigenvalue weighted by Gasteiger charge is 2.32. The number of thioether (sulfide) groups is 1. The third-order valence-electron chi connectivity index (χ3n) is 5.85. The average Bonchev–Trinajstić information content (AvgIpc) is 3.23. The zero-order valence-corrected chi connectivity index (χ0v) is 19.7. The second-order valence-electron chi connectivity index (χ2n) is 8.00. The molecule has 0 spiro atoms. The van der Waals surface area contributed by atoms with Crippen molar-refractivity contribution in [3.05, 3.63) is 101 Å². The van der Waals surface area contributed by atoms with Crippen molar-refractivity contribution in [1.82, 2.24) is 10.2 Å². The van der Waals surface area contributed by atoms with Gasteiger partial charge in [0.25, 0.3) is 5.91 Å². The minimum Gasteiger partial charge on any atom is -0.497 e. The van der Waals surface area contributed by atoms with Gasteiger partial charge in [0, 0.05) is 12.1 Å². The van der Waals surface area contributed by atoms with Crippen molar-refractivity contribution in [2.24, 2.45) is 0 Å². The number of rotatable bonds is 8. The second kappa shape index (κ2) is 10.6. The molecule has 2 unspecified atom stereocenters. The molecule has 1 heterocycles. The van der Waals surface area contributed by atoms with Gasteiger partial charge in [-0.25, -0.2) is 0 Å². The van der Waals surface area contributed by atoms with E-state index in [1.807, 2.05) is 90.7 Å². The molecule has 33 heavy (non-hydrogen) atoms. The van der Waals surface area contributed by atoms with Crippen LogP contribution in [0, 0.1) is 0 Å². The normalized spacial score (nSPS) is 16.5. The Hall–Kier alpha value is -3.25. The Morgan fingerprint density at radius 2 is 1.76 bits per heavy atom. The van der Waals surface area contributed by atoms with E-state index >= 15 is 0 Å². The lowest BCUT2D eigenvalue weighted by Gasteiger charge is -2.24. The van der Waals surface area contributed by atoms with Gasteiger partial charge in [-0.05, 0) is 47.4 Å². The average molecular weight is 461 g/mol. The number of hydrogen-bond acceptors (Lipinski definition) is 4. The van der Waals surface area contributed by atoms with Gasteiger partial charge in [-0.3, -0.25) is 9.59 Å². The molecule has 3 aromatic rings. The van der Waals surface area contributed by atoms with Gasteiger partial charge < -0.3 is 15.0 Å². The van der Waals surface area contributed by atoms with Crippen LogP contribution in [0.3, 0.4) is 0 Å². The van der Waals surface area contributed by atoms with E-state index in [-0.39, 0.29) is 23.2 Å². The Balaban J connectivity index is 1.44. The molecule has 6 heteroatoms. The van der Waals surface area contributed by atoms with Crippen molar-refractivity contribution >= 4 is 23.6 Å². The zero-order valence-electron chi connectivity index (χ0n) is 18.9. The SMILES string of the molecule is CCC(NC(=O)c1ccc(C2SCC(=O)N2Cc2ccccc2)cc1)c1ccc(OC)cc1. The Kier molecular flexibility index (Phi) is 7.35. The van der Waals surface area contributed by atoms with Gasteiger partial charge in [0.15, 0.2) is 0 Å². The monoisotopic (exact) mass is 460 g/mol. The summed E-state index contributed by atoms with van der Waals surface area (Å²) in [5.74, 6) is 1.29. The van der Waals surface area contributed by atoms with Crippen LogP contribution in [-0.2, 0) is 11.3 Å². The van der Waals surface area contributed by atoms with Crippen LogP contribution in [0.5, 0.6) is 5.75 Å². The van der Waals surface area contributed by atoms with Crippen LogP contribution < -0.4 is 10.1 Å². The molecule has 4 rings (SSSR count). The molecule has 0 aliphatic carbocycles. The van der Waals surface area contributed by atoms with Crippen LogP contribution >= 0.6 is 11.8 Å². The van der Waals surface area contributed by atoms with Crippen LogP contribution in [0.1, 0.15) is 51.8 Å². The third-order valence-corrected chi connectivity index (χ3v) is 7.11. The summed E-state index contributed by atoms with van der Waals surface area (Å²) in [6.07, 6.45) is 0.783. The number of nitrogens with zero attached hydrogens (tertiary/aromatic N) is 1. The molecule has 0 saturated carbocycles. The third kappa shape index (κ3) is 5.40. The summed E-state index contributed by atoms with van der Waals surface area (Å²) in [4.78, 5) is 27.3. The molecule has 0 aromatic heterocycles. The van der Waals surface area contributed by atoms with Gasteiger partial charge >= 0.3 is 0 Å². The molecule has 2 atom stereocenters. The maximum Gasteiger partial charge on any atom is 0.251 e. The van der Waals surface area contributed by atoms with Gasteiger partial charge in [0.1, 0.15) is 11.1 Å². The number of nitrogens with one attached hydrogen (secondary N) is 1. The summed E-state index contributed by atoms with van der Waals surface area (Å²) >= 11 is 1.63. The number of methoxy groups -OCH3 is 1. The Bertz CT molecular complexity index is 1080. The van der Waals surface area contributed by atoms with Crippen molar-refractivity contribution in [2.45, 2.75) is 31.3 Å². The lowest BCUT2D eigenvalue weighted by molar-refractivity contribution is -0.128. The fourth-order valence-electron chi connectivity index (χ4n) is 3.98. The van der Waals surface area contributed by atoms with Gasteiger partial charge in [0.2, 0.25) is 5.91 Å². The first-order valence-electron chi connectivity index (χ1n) is 11.1. The molecule has 2 amide bonds. The fraction of sp³-hybridized carbons (Fsp3) is 0.259. The molecule has 3 aromatic carbocycles. The van der Waals surface area contributed by atoms with Crippen LogP contribution in [0.15, 0.2) is 78.9 Å². The first-order chi connectivity index (χ1) is 16.1. The van der Waals surface area contributed by atoms with Gasteiger partial charge in [-0.1, -0.05) is 61.5 Å². The van der Waals surface area contributed by atoms with Crippen molar-refractivity contribution in [3.8, 4) is 5.75 Å². The fourth-order valence-corrected chi connectivity index (χ4v) is 5.17. The van der Waals surface area contributed by atoms with E-state index in [4.69, 9.17) is 4.74 Å². The number of amides is 2. The lowest BCUT2D eigenvalue weighted by Crippen LogP contribution is -2.28. The summed E-state index contributed by atoms with van der Waals surface area (Å²) in [5.41, 5.74) is 3.79. The van der Waals surface area contributed by atoms with Gasteiger partial charge in [0.05, 0.1) is 18.9 Å². The lowest BCUT2D eigenvalue weighted by atomic mass is 10.0. The summed E-state index contributed by atoms with van der Waals surface area (Å²) in [6, 6.07) is 25.3. The molecule has 0 radical (unpaired) electrons. The van der Waals surface area contributed by atoms with Crippen LogP contribution in [0.25, 0.3) is 0 Å². The minimum atomic E-state index is -0.111. The smallest absolute Gasteiger partial charge is 0.251 e. The Morgan fingerprint density at radius 3 is 2.39 bits per heavy atom. The summed E-state index contributed by atoms with van der Waals surface area (Å²) in [6.45, 7) is 2.63. The predicted octanol–water partition coefficient (Wildman–Crippen LogP) is 5.35. The first-order valence-corrected chi connectivity index (χ1v) is 12.1. The van der Waals surface area contributed by atoms with E-state index in [0.29, 0.717) is 17.9 Å². The quantitative estimate of drug-likeness (QED) is 0.492. The maximum atomic E-state index is 12.9. The highest BCUT2D eigenvalue weighted by atomic mass is 32.2. The van der Waals surface area contributed by atoms with E-state index in [1.165, 1.54) is 0 Å². The van der Waals surface area contributed by atoms with E-state index in [1.54, 1.807) is 18.9 Å². The Morgan fingerprint density at radius 1 is 1.06 bits per heavy atom. The summed E-state index contributed by atoms with van der Waals surface area (Å²) in [5, 5.41) is 3.08. The van der Waals surface area contributed by atoms with Gasteiger partial charge in [-0.15, -0.1) is 11.8 Å². The molecule has 0 bridgehead atoms. The van der Waals surface area contributed by atoms with Crippen molar-refractivity contribution in [3.63, 3.8) is 0 Å². The standard InChI is InChI=1S/C27H28N2O3S/c1-3-24(20-13-15-23(32-2)16-14-20)28-26(31)21-9-11-22(12-10-21)27-29(25(30)18-33-27)17-19-7-5-4-6-8-19/h4-16,24,27H,3,17-18H2,1-2H3,(H,28,31). The molecule has 1 aliphatic rings. The molecular weight excluding hydrogens is 432 g/mol. The molecule has 1 N–H and O–H groups in total. The largest absolute Gasteiger partial charge is 0.497 e. The highest BCUT2D eigenvalue weighted by molar-refractivity contribution is 8.00. The van der Waals surface area contributed by atoms with Crippen LogP contribution in [-0.4, -0.2) is 29.6 Å². The first kappa shape index (κ1) is 22.9.